The zero-order valence-electron chi connectivity index (χ0n) is 10.3. The van der Waals surface area contributed by atoms with Gasteiger partial charge in [-0.3, -0.25) is 0 Å². The smallest absolute Gasteiger partial charge is 0.224 e. The second-order valence-electron chi connectivity index (χ2n) is 3.64. The Labute approximate surface area is 124 Å². The van der Waals surface area contributed by atoms with E-state index in [1.807, 2.05) is 24.3 Å². The number of ether oxygens (including phenoxy) is 2. The number of halogens is 1. The molecule has 19 heavy (non-hydrogen) atoms. The molecule has 1 aromatic heterocycles. The molecule has 3 N–H and O–H groups in total. The van der Waals surface area contributed by atoms with Gasteiger partial charge in [0.1, 0.15) is 18.2 Å². The summed E-state index contributed by atoms with van der Waals surface area (Å²) in [5.74, 6) is 7.46. The van der Waals surface area contributed by atoms with Crippen LogP contribution < -0.4 is 16.0 Å². The van der Waals surface area contributed by atoms with E-state index in [1.54, 1.807) is 13.2 Å². The highest BCUT2D eigenvalue weighted by molar-refractivity contribution is 14.1. The van der Waals surface area contributed by atoms with E-state index in [4.69, 9.17) is 15.3 Å². The van der Waals surface area contributed by atoms with Crippen molar-refractivity contribution in [2.75, 3.05) is 12.5 Å². The van der Waals surface area contributed by atoms with Crippen LogP contribution in [-0.4, -0.2) is 17.1 Å². The molecule has 7 heteroatoms. The molecule has 2 aromatic rings. The summed E-state index contributed by atoms with van der Waals surface area (Å²) >= 11 is 2.22. The van der Waals surface area contributed by atoms with E-state index in [0.29, 0.717) is 23.3 Å². The molecule has 1 aromatic carbocycles. The lowest BCUT2D eigenvalue weighted by atomic mass is 10.3. The fourth-order valence-corrected chi connectivity index (χ4v) is 1.96. The SMILES string of the molecule is COCc1nc(NN)cc(Oc2cccc(I)c2)n1. The fourth-order valence-electron chi connectivity index (χ4n) is 1.44. The van der Waals surface area contributed by atoms with E-state index in [1.165, 1.54) is 0 Å². The highest BCUT2D eigenvalue weighted by Gasteiger charge is 2.06. The van der Waals surface area contributed by atoms with Crippen LogP contribution in [0.15, 0.2) is 30.3 Å². The summed E-state index contributed by atoms with van der Waals surface area (Å²) in [7, 11) is 1.58. The van der Waals surface area contributed by atoms with Gasteiger partial charge in [-0.2, -0.15) is 4.98 Å². The second kappa shape index (κ2) is 6.64. The van der Waals surface area contributed by atoms with Crippen LogP contribution in [0.1, 0.15) is 5.82 Å². The van der Waals surface area contributed by atoms with E-state index in [0.717, 1.165) is 3.57 Å². The highest BCUT2D eigenvalue weighted by Crippen LogP contribution is 2.23. The Bertz CT molecular complexity index is 565. The number of hydrogen-bond donors (Lipinski definition) is 2. The van der Waals surface area contributed by atoms with Crippen molar-refractivity contribution < 1.29 is 9.47 Å². The molecule has 0 spiro atoms. The molecule has 0 radical (unpaired) electrons. The van der Waals surface area contributed by atoms with Crippen molar-refractivity contribution in [3.05, 3.63) is 39.7 Å². The number of nitrogens with two attached hydrogens (primary N) is 1. The van der Waals surface area contributed by atoms with Gasteiger partial charge in [0.2, 0.25) is 5.88 Å². The number of methoxy groups -OCH3 is 1. The number of anilines is 1. The molecule has 0 bridgehead atoms. The molecule has 0 saturated heterocycles. The van der Waals surface area contributed by atoms with E-state index in [2.05, 4.69) is 38.0 Å². The number of nitrogen functional groups attached to an aromatic ring is 1. The third kappa shape index (κ3) is 4.01. The average molecular weight is 372 g/mol. The number of aromatic nitrogens is 2. The van der Waals surface area contributed by atoms with Crippen LogP contribution in [0, 0.1) is 3.57 Å². The summed E-state index contributed by atoms with van der Waals surface area (Å²) in [6, 6.07) is 9.29. The first-order valence-electron chi connectivity index (χ1n) is 5.48. The molecular formula is C12H13IN4O2. The van der Waals surface area contributed by atoms with Crippen LogP contribution in [-0.2, 0) is 11.3 Å². The Hall–Kier alpha value is -1.45. The van der Waals surface area contributed by atoms with Crippen LogP contribution in [0.25, 0.3) is 0 Å². The first kappa shape index (κ1) is 14.0. The van der Waals surface area contributed by atoms with Gasteiger partial charge in [-0.1, -0.05) is 6.07 Å². The molecule has 0 unspecified atom stereocenters. The molecule has 0 aliphatic rings. The molecule has 100 valence electrons. The second-order valence-corrected chi connectivity index (χ2v) is 4.89. The van der Waals surface area contributed by atoms with Crippen LogP contribution in [0.2, 0.25) is 0 Å². The van der Waals surface area contributed by atoms with Crippen molar-refractivity contribution >= 4 is 28.4 Å². The van der Waals surface area contributed by atoms with Crippen molar-refractivity contribution in [3.8, 4) is 11.6 Å². The van der Waals surface area contributed by atoms with Crippen LogP contribution in [0.5, 0.6) is 11.6 Å². The lowest BCUT2D eigenvalue weighted by Crippen LogP contribution is -2.11. The lowest BCUT2D eigenvalue weighted by Gasteiger charge is -2.08. The molecule has 0 fully saturated rings. The van der Waals surface area contributed by atoms with Crippen LogP contribution in [0.4, 0.5) is 5.82 Å². The van der Waals surface area contributed by atoms with Gasteiger partial charge in [0.05, 0.1) is 0 Å². The molecule has 0 aliphatic heterocycles. The Kier molecular flexibility index (Phi) is 4.88. The first-order valence-corrected chi connectivity index (χ1v) is 6.56. The van der Waals surface area contributed by atoms with Crippen LogP contribution in [0.3, 0.4) is 0 Å². The monoisotopic (exact) mass is 372 g/mol. The molecular weight excluding hydrogens is 359 g/mol. The summed E-state index contributed by atoms with van der Waals surface area (Å²) in [5, 5.41) is 0. The normalized spacial score (nSPS) is 10.3. The minimum absolute atomic E-state index is 0.290. The number of benzene rings is 1. The largest absolute Gasteiger partial charge is 0.439 e. The fraction of sp³-hybridized carbons (Fsp3) is 0.167. The van der Waals surface area contributed by atoms with Crippen molar-refractivity contribution in [1.29, 1.82) is 0 Å². The Morgan fingerprint density at radius 3 is 2.84 bits per heavy atom. The van der Waals surface area contributed by atoms with E-state index in [9.17, 15) is 0 Å². The maximum absolute atomic E-state index is 5.68. The lowest BCUT2D eigenvalue weighted by molar-refractivity contribution is 0.177. The number of nitrogens with zero attached hydrogens (tertiary/aromatic N) is 2. The predicted molar refractivity (Wildman–Crippen MR) is 79.8 cm³/mol. The van der Waals surface area contributed by atoms with Gasteiger partial charge < -0.3 is 14.9 Å². The average Bonchev–Trinajstić information content (AvgIpc) is 2.39. The minimum atomic E-state index is 0.290. The van der Waals surface area contributed by atoms with Gasteiger partial charge in [0.15, 0.2) is 5.82 Å². The van der Waals surface area contributed by atoms with Crippen LogP contribution >= 0.6 is 22.6 Å². The van der Waals surface area contributed by atoms with Gasteiger partial charge in [0, 0.05) is 16.7 Å². The maximum atomic E-state index is 5.68. The van der Waals surface area contributed by atoms with E-state index < -0.39 is 0 Å². The van der Waals surface area contributed by atoms with Gasteiger partial charge in [-0.15, -0.1) is 0 Å². The number of hydrogen-bond acceptors (Lipinski definition) is 6. The zero-order chi connectivity index (χ0) is 13.7. The van der Waals surface area contributed by atoms with Gasteiger partial charge in [-0.05, 0) is 40.8 Å². The topological polar surface area (TPSA) is 82.3 Å². The van der Waals surface area contributed by atoms with Gasteiger partial charge >= 0.3 is 0 Å². The molecule has 0 saturated carbocycles. The summed E-state index contributed by atoms with van der Waals surface area (Å²) < 4.78 is 11.8. The molecule has 0 atom stereocenters. The number of hydrazine groups is 1. The minimum Gasteiger partial charge on any atom is -0.439 e. The van der Waals surface area contributed by atoms with Crippen molar-refractivity contribution in [1.82, 2.24) is 9.97 Å². The van der Waals surface area contributed by atoms with Gasteiger partial charge in [0.25, 0.3) is 0 Å². The maximum Gasteiger partial charge on any atom is 0.224 e. The molecule has 0 amide bonds. The molecule has 6 nitrogen and oxygen atoms in total. The predicted octanol–water partition coefficient (Wildman–Crippen LogP) is 2.31. The molecule has 2 rings (SSSR count). The van der Waals surface area contributed by atoms with Crippen molar-refractivity contribution in [2.24, 2.45) is 5.84 Å². The molecule has 0 aliphatic carbocycles. The Balaban J connectivity index is 2.26. The summed E-state index contributed by atoms with van der Waals surface area (Å²) in [5.41, 5.74) is 2.48. The Morgan fingerprint density at radius 2 is 2.16 bits per heavy atom. The quantitative estimate of drug-likeness (QED) is 0.476. The van der Waals surface area contributed by atoms with E-state index in [-0.39, 0.29) is 6.61 Å². The number of nitrogens with one attached hydrogen (secondary N) is 1. The summed E-state index contributed by atoms with van der Waals surface area (Å²) in [6.07, 6.45) is 0. The van der Waals surface area contributed by atoms with E-state index >= 15 is 0 Å². The Morgan fingerprint density at radius 1 is 1.32 bits per heavy atom. The van der Waals surface area contributed by atoms with Crippen molar-refractivity contribution in [3.63, 3.8) is 0 Å². The number of rotatable bonds is 5. The van der Waals surface area contributed by atoms with Gasteiger partial charge in [-0.25, -0.2) is 10.8 Å². The third-order valence-corrected chi connectivity index (χ3v) is 2.86. The third-order valence-electron chi connectivity index (χ3n) is 2.19. The molecule has 1 heterocycles. The zero-order valence-corrected chi connectivity index (χ0v) is 12.4. The first-order chi connectivity index (χ1) is 9.21. The standard InChI is InChI=1S/C12H13IN4O2/c1-18-7-11-15-10(17-14)6-12(16-11)19-9-4-2-3-8(13)5-9/h2-6H,7,14H2,1H3,(H,15,16,17). The summed E-state index contributed by atoms with van der Waals surface area (Å²) in [4.78, 5) is 8.39. The highest BCUT2D eigenvalue weighted by atomic mass is 127. The summed E-state index contributed by atoms with van der Waals surface area (Å²) in [6.45, 7) is 0.290. The van der Waals surface area contributed by atoms with Crippen molar-refractivity contribution in [2.45, 2.75) is 6.61 Å².